The molecular formula is C19H23F2NO3. The highest BCUT2D eigenvalue weighted by Gasteiger charge is 2.16. The molecule has 0 aliphatic rings. The molecule has 3 N–H and O–H groups in total. The van der Waals surface area contributed by atoms with Gasteiger partial charge in [-0.2, -0.15) is 4.39 Å². The Labute approximate surface area is 146 Å². The third-order valence-corrected chi connectivity index (χ3v) is 3.80. The molecular weight excluding hydrogens is 328 g/mol. The van der Waals surface area contributed by atoms with E-state index in [1.54, 1.807) is 0 Å². The fraction of sp³-hybridized carbons (Fsp3) is 0.368. The van der Waals surface area contributed by atoms with Gasteiger partial charge in [0.25, 0.3) is 0 Å². The van der Waals surface area contributed by atoms with E-state index < -0.39 is 17.2 Å². The standard InChI is InChI=1S/C19H23F2NO3/c1-19(22,13-23)10-9-14-5-7-15(8-6-14)24-11-12-25-17-4-2-3-16(20)18(17)21/h2-8,23H,9-13,22H2,1H3/t19-/m1/s1. The van der Waals surface area contributed by atoms with Crippen molar-refractivity contribution in [1.29, 1.82) is 0 Å². The Morgan fingerprint density at radius 1 is 1.04 bits per heavy atom. The molecule has 2 aromatic carbocycles. The van der Waals surface area contributed by atoms with Gasteiger partial charge in [0.1, 0.15) is 19.0 Å². The molecule has 0 amide bonds. The number of hydrogen-bond acceptors (Lipinski definition) is 4. The van der Waals surface area contributed by atoms with Crippen LogP contribution in [0.4, 0.5) is 8.78 Å². The van der Waals surface area contributed by atoms with E-state index in [9.17, 15) is 8.78 Å². The van der Waals surface area contributed by atoms with Gasteiger partial charge in [0, 0.05) is 5.54 Å². The summed E-state index contributed by atoms with van der Waals surface area (Å²) in [5, 5.41) is 9.15. The molecule has 2 aromatic rings. The number of benzene rings is 2. The third kappa shape index (κ3) is 5.99. The van der Waals surface area contributed by atoms with Crippen molar-refractivity contribution >= 4 is 0 Å². The van der Waals surface area contributed by atoms with Crippen LogP contribution in [0.2, 0.25) is 0 Å². The molecule has 0 fully saturated rings. The van der Waals surface area contributed by atoms with E-state index in [0.29, 0.717) is 12.2 Å². The first kappa shape index (κ1) is 19.1. The molecule has 0 bridgehead atoms. The Kier molecular flexibility index (Phi) is 6.73. The van der Waals surface area contributed by atoms with Gasteiger partial charge in [-0.3, -0.25) is 0 Å². The van der Waals surface area contributed by atoms with E-state index >= 15 is 0 Å². The lowest BCUT2D eigenvalue weighted by atomic mass is 9.95. The number of hydrogen-bond donors (Lipinski definition) is 2. The fourth-order valence-electron chi connectivity index (χ4n) is 2.17. The fourth-order valence-corrected chi connectivity index (χ4v) is 2.17. The molecule has 0 saturated carbocycles. The largest absolute Gasteiger partial charge is 0.490 e. The zero-order valence-corrected chi connectivity index (χ0v) is 14.2. The molecule has 0 aliphatic carbocycles. The van der Waals surface area contributed by atoms with Crippen molar-refractivity contribution in [3.05, 3.63) is 59.7 Å². The van der Waals surface area contributed by atoms with Crippen LogP contribution >= 0.6 is 0 Å². The highest BCUT2D eigenvalue weighted by atomic mass is 19.2. The minimum absolute atomic E-state index is 0.0555. The number of rotatable bonds is 9. The van der Waals surface area contributed by atoms with Crippen molar-refractivity contribution in [2.24, 2.45) is 5.73 Å². The highest BCUT2D eigenvalue weighted by Crippen LogP contribution is 2.19. The highest BCUT2D eigenvalue weighted by molar-refractivity contribution is 5.28. The van der Waals surface area contributed by atoms with Crippen molar-refractivity contribution < 1.29 is 23.4 Å². The molecule has 6 heteroatoms. The lowest BCUT2D eigenvalue weighted by molar-refractivity contribution is 0.200. The molecule has 0 saturated heterocycles. The van der Waals surface area contributed by atoms with Crippen LogP contribution in [0.1, 0.15) is 18.9 Å². The van der Waals surface area contributed by atoms with Crippen LogP contribution in [0.5, 0.6) is 11.5 Å². The maximum absolute atomic E-state index is 13.4. The number of aliphatic hydroxyl groups is 1. The number of aliphatic hydroxyl groups excluding tert-OH is 1. The number of ether oxygens (including phenoxy) is 2. The van der Waals surface area contributed by atoms with E-state index in [0.717, 1.165) is 18.1 Å². The molecule has 0 aromatic heterocycles. The maximum atomic E-state index is 13.4. The first-order valence-electron chi connectivity index (χ1n) is 8.09. The predicted octanol–water partition coefficient (Wildman–Crippen LogP) is 3.06. The monoisotopic (exact) mass is 351 g/mol. The average molecular weight is 351 g/mol. The summed E-state index contributed by atoms with van der Waals surface area (Å²) in [4.78, 5) is 0. The van der Waals surface area contributed by atoms with Crippen molar-refractivity contribution in [3.63, 3.8) is 0 Å². The summed E-state index contributed by atoms with van der Waals surface area (Å²) in [6.07, 6.45) is 1.44. The summed E-state index contributed by atoms with van der Waals surface area (Å²) in [6.45, 7) is 2.07. The molecule has 4 nitrogen and oxygen atoms in total. The average Bonchev–Trinajstić information content (AvgIpc) is 2.61. The van der Waals surface area contributed by atoms with Crippen molar-refractivity contribution in [2.45, 2.75) is 25.3 Å². The van der Waals surface area contributed by atoms with Gasteiger partial charge in [0.05, 0.1) is 6.61 Å². The first-order chi connectivity index (χ1) is 11.9. The Bertz CT molecular complexity index is 675. The lowest BCUT2D eigenvalue weighted by Gasteiger charge is -2.21. The van der Waals surface area contributed by atoms with Crippen LogP contribution in [-0.4, -0.2) is 30.5 Å². The second kappa shape index (κ2) is 8.78. The predicted molar refractivity (Wildman–Crippen MR) is 91.8 cm³/mol. The molecule has 0 heterocycles. The third-order valence-electron chi connectivity index (χ3n) is 3.80. The van der Waals surface area contributed by atoms with Gasteiger partial charge < -0.3 is 20.3 Å². The Hall–Kier alpha value is -2.18. The van der Waals surface area contributed by atoms with Gasteiger partial charge in [0.15, 0.2) is 11.6 Å². The molecule has 0 aliphatic heterocycles. The quantitative estimate of drug-likeness (QED) is 0.682. The smallest absolute Gasteiger partial charge is 0.200 e. The summed E-state index contributed by atoms with van der Waals surface area (Å²) in [7, 11) is 0. The molecule has 2 rings (SSSR count). The molecule has 0 spiro atoms. The molecule has 25 heavy (non-hydrogen) atoms. The number of nitrogens with two attached hydrogens (primary N) is 1. The van der Waals surface area contributed by atoms with Crippen LogP contribution in [0.25, 0.3) is 0 Å². The van der Waals surface area contributed by atoms with Gasteiger partial charge in [0.2, 0.25) is 5.82 Å². The van der Waals surface area contributed by atoms with Crippen molar-refractivity contribution in [1.82, 2.24) is 0 Å². The minimum Gasteiger partial charge on any atom is -0.490 e. The van der Waals surface area contributed by atoms with Crippen LogP contribution in [0.15, 0.2) is 42.5 Å². The molecule has 136 valence electrons. The SMILES string of the molecule is C[C@](N)(CO)CCc1ccc(OCCOc2cccc(F)c2F)cc1. The van der Waals surface area contributed by atoms with Crippen molar-refractivity contribution in [3.8, 4) is 11.5 Å². The zero-order chi connectivity index (χ0) is 18.3. The van der Waals surface area contributed by atoms with Crippen LogP contribution in [0, 0.1) is 11.6 Å². The second-order valence-electron chi connectivity index (χ2n) is 6.20. The van der Waals surface area contributed by atoms with Gasteiger partial charge in [-0.1, -0.05) is 18.2 Å². The van der Waals surface area contributed by atoms with E-state index in [-0.39, 0.29) is 25.6 Å². The number of halogens is 2. The summed E-state index contributed by atoms with van der Waals surface area (Å²) >= 11 is 0. The maximum Gasteiger partial charge on any atom is 0.200 e. The van der Waals surface area contributed by atoms with E-state index in [4.69, 9.17) is 20.3 Å². The van der Waals surface area contributed by atoms with Crippen LogP contribution in [0.3, 0.4) is 0 Å². The van der Waals surface area contributed by atoms with E-state index in [2.05, 4.69) is 0 Å². The first-order valence-corrected chi connectivity index (χ1v) is 8.09. The zero-order valence-electron chi connectivity index (χ0n) is 14.2. The summed E-state index contributed by atoms with van der Waals surface area (Å²) in [5.41, 5.74) is 6.41. The van der Waals surface area contributed by atoms with Gasteiger partial charge in [-0.15, -0.1) is 0 Å². The Morgan fingerprint density at radius 3 is 2.40 bits per heavy atom. The Balaban J connectivity index is 1.75. The molecule has 0 radical (unpaired) electrons. The van der Waals surface area contributed by atoms with Crippen molar-refractivity contribution in [2.75, 3.05) is 19.8 Å². The summed E-state index contributed by atoms with van der Waals surface area (Å²) < 4.78 is 37.1. The summed E-state index contributed by atoms with van der Waals surface area (Å²) in [6, 6.07) is 11.3. The number of aryl methyl sites for hydroxylation is 1. The lowest BCUT2D eigenvalue weighted by Crippen LogP contribution is -2.40. The van der Waals surface area contributed by atoms with Gasteiger partial charge >= 0.3 is 0 Å². The molecule has 0 unspecified atom stereocenters. The van der Waals surface area contributed by atoms with Gasteiger partial charge in [-0.05, 0) is 49.6 Å². The second-order valence-corrected chi connectivity index (χ2v) is 6.20. The topological polar surface area (TPSA) is 64.7 Å². The Morgan fingerprint density at radius 2 is 1.72 bits per heavy atom. The van der Waals surface area contributed by atoms with E-state index in [1.807, 2.05) is 31.2 Å². The summed E-state index contributed by atoms with van der Waals surface area (Å²) in [5.74, 6) is -1.41. The van der Waals surface area contributed by atoms with Crippen LogP contribution < -0.4 is 15.2 Å². The normalized spacial score (nSPS) is 13.3. The minimum atomic E-state index is -0.998. The van der Waals surface area contributed by atoms with Gasteiger partial charge in [-0.25, -0.2) is 4.39 Å². The van der Waals surface area contributed by atoms with E-state index in [1.165, 1.54) is 12.1 Å². The molecule has 1 atom stereocenters. The van der Waals surface area contributed by atoms with Crippen LogP contribution in [-0.2, 0) is 6.42 Å².